The SMILES string of the molecule is CC(C(=O)O)C(c1cccs1)N(C)C. The highest BCUT2D eigenvalue weighted by Gasteiger charge is 2.27. The van der Waals surface area contributed by atoms with E-state index < -0.39 is 5.97 Å². The van der Waals surface area contributed by atoms with Gasteiger partial charge in [-0.2, -0.15) is 0 Å². The number of aliphatic carboxylic acids is 1. The van der Waals surface area contributed by atoms with Crippen molar-refractivity contribution in [3.63, 3.8) is 0 Å². The van der Waals surface area contributed by atoms with Gasteiger partial charge in [0.2, 0.25) is 0 Å². The normalized spacial score (nSPS) is 15.4. The monoisotopic (exact) mass is 213 g/mol. The lowest BCUT2D eigenvalue weighted by molar-refractivity contribution is -0.143. The Hall–Kier alpha value is -0.870. The molecule has 0 radical (unpaired) electrons. The zero-order chi connectivity index (χ0) is 10.7. The van der Waals surface area contributed by atoms with Gasteiger partial charge >= 0.3 is 5.97 Å². The molecule has 1 aromatic heterocycles. The highest BCUT2D eigenvalue weighted by molar-refractivity contribution is 7.10. The second-order valence-corrected chi connectivity index (χ2v) is 4.53. The Labute approximate surface area is 88.0 Å². The maximum absolute atomic E-state index is 10.9. The lowest BCUT2D eigenvalue weighted by Gasteiger charge is -2.26. The number of carboxylic acids is 1. The van der Waals surface area contributed by atoms with Crippen molar-refractivity contribution < 1.29 is 9.90 Å². The highest BCUT2D eigenvalue weighted by Crippen LogP contribution is 2.30. The smallest absolute Gasteiger partial charge is 0.308 e. The molecule has 0 saturated carbocycles. The maximum atomic E-state index is 10.9. The fraction of sp³-hybridized carbons (Fsp3) is 0.500. The Kier molecular flexibility index (Phi) is 3.66. The van der Waals surface area contributed by atoms with Gasteiger partial charge in [0, 0.05) is 4.88 Å². The van der Waals surface area contributed by atoms with Crippen molar-refractivity contribution in [3.05, 3.63) is 22.4 Å². The Morgan fingerprint density at radius 2 is 2.21 bits per heavy atom. The third-order valence-electron chi connectivity index (χ3n) is 2.25. The Balaban J connectivity index is 2.91. The van der Waals surface area contributed by atoms with Gasteiger partial charge in [0.25, 0.3) is 0 Å². The van der Waals surface area contributed by atoms with Crippen LogP contribution in [0.2, 0.25) is 0 Å². The van der Waals surface area contributed by atoms with E-state index in [1.54, 1.807) is 18.3 Å². The van der Waals surface area contributed by atoms with Crippen LogP contribution in [0.1, 0.15) is 17.8 Å². The van der Waals surface area contributed by atoms with Crippen molar-refractivity contribution in [2.24, 2.45) is 5.92 Å². The van der Waals surface area contributed by atoms with Gasteiger partial charge in [-0.15, -0.1) is 11.3 Å². The fourth-order valence-electron chi connectivity index (χ4n) is 1.54. The first-order valence-electron chi connectivity index (χ1n) is 4.46. The van der Waals surface area contributed by atoms with Gasteiger partial charge in [0.1, 0.15) is 0 Å². The summed E-state index contributed by atoms with van der Waals surface area (Å²) in [6, 6.07) is 3.90. The van der Waals surface area contributed by atoms with Crippen molar-refractivity contribution in [1.82, 2.24) is 4.90 Å². The Morgan fingerprint density at radius 1 is 1.57 bits per heavy atom. The topological polar surface area (TPSA) is 40.5 Å². The van der Waals surface area contributed by atoms with Crippen LogP contribution < -0.4 is 0 Å². The Morgan fingerprint density at radius 3 is 2.57 bits per heavy atom. The first-order valence-corrected chi connectivity index (χ1v) is 5.34. The average molecular weight is 213 g/mol. The van der Waals surface area contributed by atoms with E-state index in [4.69, 9.17) is 5.11 Å². The Bertz CT molecular complexity index is 295. The van der Waals surface area contributed by atoms with Gasteiger partial charge in [-0.25, -0.2) is 0 Å². The standard InChI is InChI=1S/C10H15NO2S/c1-7(10(12)13)9(11(2)3)8-5-4-6-14-8/h4-7,9H,1-3H3,(H,12,13). The van der Waals surface area contributed by atoms with Crippen LogP contribution in [-0.4, -0.2) is 30.1 Å². The molecular weight excluding hydrogens is 198 g/mol. The van der Waals surface area contributed by atoms with Crippen LogP contribution in [0, 0.1) is 5.92 Å². The van der Waals surface area contributed by atoms with Crippen molar-refractivity contribution in [2.45, 2.75) is 13.0 Å². The molecule has 1 rings (SSSR count). The quantitative estimate of drug-likeness (QED) is 0.832. The van der Waals surface area contributed by atoms with Gasteiger partial charge < -0.3 is 10.0 Å². The summed E-state index contributed by atoms with van der Waals surface area (Å²) in [5.41, 5.74) is 0. The molecule has 1 aromatic rings. The van der Waals surface area contributed by atoms with E-state index in [1.165, 1.54) is 0 Å². The lowest BCUT2D eigenvalue weighted by atomic mass is 10.00. The van der Waals surface area contributed by atoms with Crippen molar-refractivity contribution in [3.8, 4) is 0 Å². The second-order valence-electron chi connectivity index (χ2n) is 3.55. The summed E-state index contributed by atoms with van der Waals surface area (Å²) in [5.74, 6) is -1.14. The number of nitrogens with zero attached hydrogens (tertiary/aromatic N) is 1. The van der Waals surface area contributed by atoms with E-state index in [9.17, 15) is 4.79 Å². The van der Waals surface area contributed by atoms with Crippen molar-refractivity contribution in [2.75, 3.05) is 14.1 Å². The molecule has 1 heterocycles. The third kappa shape index (κ3) is 2.33. The number of hydrogen-bond acceptors (Lipinski definition) is 3. The van der Waals surface area contributed by atoms with Crippen LogP contribution >= 0.6 is 11.3 Å². The number of rotatable bonds is 4. The summed E-state index contributed by atoms with van der Waals surface area (Å²) >= 11 is 1.60. The zero-order valence-electron chi connectivity index (χ0n) is 8.60. The van der Waals surface area contributed by atoms with E-state index in [2.05, 4.69) is 0 Å². The second kappa shape index (κ2) is 4.57. The zero-order valence-corrected chi connectivity index (χ0v) is 9.41. The lowest BCUT2D eigenvalue weighted by Crippen LogP contribution is -2.29. The molecule has 0 saturated heterocycles. The van der Waals surface area contributed by atoms with Crippen LogP contribution in [0.5, 0.6) is 0 Å². The van der Waals surface area contributed by atoms with Crippen molar-refractivity contribution >= 4 is 17.3 Å². The van der Waals surface area contributed by atoms with Gasteiger partial charge in [-0.1, -0.05) is 13.0 Å². The van der Waals surface area contributed by atoms with E-state index in [0.29, 0.717) is 0 Å². The third-order valence-corrected chi connectivity index (χ3v) is 3.20. The predicted molar refractivity (Wildman–Crippen MR) is 57.5 cm³/mol. The molecule has 0 aliphatic rings. The van der Waals surface area contributed by atoms with Crippen LogP contribution in [0.25, 0.3) is 0 Å². The molecule has 0 fully saturated rings. The van der Waals surface area contributed by atoms with Gasteiger partial charge in [0.15, 0.2) is 0 Å². The minimum Gasteiger partial charge on any atom is -0.481 e. The minimum absolute atomic E-state index is 0.0347. The number of carbonyl (C=O) groups is 1. The average Bonchev–Trinajstić information content (AvgIpc) is 2.56. The number of thiophene rings is 1. The fourth-order valence-corrected chi connectivity index (χ4v) is 2.57. The molecule has 0 aromatic carbocycles. The summed E-state index contributed by atoms with van der Waals surface area (Å²) in [6.07, 6.45) is 0. The van der Waals surface area contributed by atoms with Crippen LogP contribution in [0.3, 0.4) is 0 Å². The molecule has 0 aliphatic carbocycles. The summed E-state index contributed by atoms with van der Waals surface area (Å²) < 4.78 is 0. The highest BCUT2D eigenvalue weighted by atomic mass is 32.1. The van der Waals surface area contributed by atoms with Crippen LogP contribution in [0.15, 0.2) is 17.5 Å². The number of carboxylic acid groups (broad SMARTS) is 1. The molecule has 14 heavy (non-hydrogen) atoms. The molecule has 78 valence electrons. The van der Waals surface area contributed by atoms with E-state index in [0.717, 1.165) is 4.88 Å². The molecule has 2 unspecified atom stereocenters. The van der Waals surface area contributed by atoms with Gasteiger partial charge in [-0.3, -0.25) is 4.79 Å². The predicted octanol–water partition coefficient (Wildman–Crippen LogP) is 2.07. The number of hydrogen-bond donors (Lipinski definition) is 1. The van der Waals surface area contributed by atoms with Crippen molar-refractivity contribution in [1.29, 1.82) is 0 Å². The molecule has 0 amide bonds. The summed E-state index contributed by atoms with van der Waals surface area (Å²) in [5, 5.41) is 11.0. The molecule has 0 aliphatic heterocycles. The van der Waals surface area contributed by atoms with E-state index in [1.807, 2.05) is 36.5 Å². The maximum Gasteiger partial charge on any atom is 0.308 e. The molecule has 2 atom stereocenters. The van der Waals surface area contributed by atoms with Gasteiger partial charge in [-0.05, 0) is 25.5 Å². The van der Waals surface area contributed by atoms with E-state index >= 15 is 0 Å². The first-order chi connectivity index (χ1) is 6.54. The van der Waals surface area contributed by atoms with Crippen LogP contribution in [-0.2, 0) is 4.79 Å². The largest absolute Gasteiger partial charge is 0.481 e. The first kappa shape index (κ1) is 11.2. The van der Waals surface area contributed by atoms with E-state index in [-0.39, 0.29) is 12.0 Å². The molecule has 3 nitrogen and oxygen atoms in total. The summed E-state index contributed by atoms with van der Waals surface area (Å²) in [6.45, 7) is 1.74. The molecular formula is C10H15NO2S. The van der Waals surface area contributed by atoms with Crippen LogP contribution in [0.4, 0.5) is 0 Å². The molecule has 4 heteroatoms. The summed E-state index contributed by atoms with van der Waals surface area (Å²) in [4.78, 5) is 14.0. The molecule has 0 bridgehead atoms. The minimum atomic E-state index is -0.753. The molecule has 0 spiro atoms. The van der Waals surface area contributed by atoms with Gasteiger partial charge in [0.05, 0.1) is 12.0 Å². The summed E-state index contributed by atoms with van der Waals surface area (Å²) in [7, 11) is 3.81. The molecule has 1 N–H and O–H groups in total.